The molecule has 1 aromatic heterocycles. The van der Waals surface area contributed by atoms with E-state index < -0.39 is 23.4 Å². The van der Waals surface area contributed by atoms with Gasteiger partial charge in [-0.2, -0.15) is 13.2 Å². The lowest BCUT2D eigenvalue weighted by molar-refractivity contribution is -0.136. The number of hydrogen-bond acceptors (Lipinski definition) is 3. The quantitative estimate of drug-likeness (QED) is 0.794. The van der Waals surface area contributed by atoms with Gasteiger partial charge in [-0.3, -0.25) is 0 Å². The van der Waals surface area contributed by atoms with Crippen molar-refractivity contribution in [1.29, 1.82) is 0 Å². The lowest BCUT2D eigenvalue weighted by atomic mass is 10.0. The van der Waals surface area contributed by atoms with Crippen LogP contribution in [-0.4, -0.2) is 17.7 Å². The molecular weight excluding hydrogens is 325 g/mol. The van der Waals surface area contributed by atoms with Crippen molar-refractivity contribution in [2.24, 2.45) is 0 Å². The molecule has 0 spiro atoms. The molecule has 0 bridgehead atoms. The summed E-state index contributed by atoms with van der Waals surface area (Å²) in [6, 6.07) is 6.99. The minimum Gasteiger partial charge on any atom is -0.463 e. The number of carbonyl (C=O) groups is 1. The first-order chi connectivity index (χ1) is 11.1. The number of aliphatic hydroxyl groups is 1. The molecule has 0 radical (unpaired) electrons. The third-order valence-corrected chi connectivity index (χ3v) is 3.35. The number of rotatable bonds is 4. The highest BCUT2D eigenvalue weighted by Gasteiger charge is 2.34. The van der Waals surface area contributed by atoms with Crippen LogP contribution in [0, 0.1) is 6.92 Å². The Hall–Kier alpha value is -2.48. The summed E-state index contributed by atoms with van der Waals surface area (Å²) in [7, 11) is 0. The summed E-state index contributed by atoms with van der Waals surface area (Å²) in [6.45, 7) is 2.89. The Balaban J connectivity index is 2.02. The number of halogens is 3. The summed E-state index contributed by atoms with van der Waals surface area (Å²) in [4.78, 5) is 11.8. The molecule has 2 aromatic rings. The minimum atomic E-state index is -4.58. The van der Waals surface area contributed by atoms with Crippen LogP contribution in [0.3, 0.4) is 0 Å². The number of carbonyl (C=O) groups excluding carboxylic acids is 1. The van der Waals surface area contributed by atoms with Crippen LogP contribution in [0.1, 0.15) is 24.0 Å². The molecule has 8 heteroatoms. The van der Waals surface area contributed by atoms with Gasteiger partial charge in [0.05, 0.1) is 17.8 Å². The van der Waals surface area contributed by atoms with Crippen LogP contribution >= 0.6 is 0 Å². The van der Waals surface area contributed by atoms with Crippen molar-refractivity contribution in [3.05, 3.63) is 53.5 Å². The smallest absolute Gasteiger partial charge is 0.418 e. The fraction of sp³-hybridized carbons (Fsp3) is 0.312. The number of anilines is 1. The highest BCUT2D eigenvalue weighted by Crippen LogP contribution is 2.34. The molecule has 0 aliphatic carbocycles. The molecule has 130 valence electrons. The Morgan fingerprint density at radius 1 is 1.21 bits per heavy atom. The molecule has 5 nitrogen and oxygen atoms in total. The predicted molar refractivity (Wildman–Crippen MR) is 81.5 cm³/mol. The molecule has 0 saturated carbocycles. The van der Waals surface area contributed by atoms with Crippen molar-refractivity contribution < 1.29 is 27.5 Å². The second kappa shape index (κ2) is 6.56. The predicted octanol–water partition coefficient (Wildman–Crippen LogP) is 3.64. The van der Waals surface area contributed by atoms with Gasteiger partial charge in [-0.1, -0.05) is 12.1 Å². The van der Waals surface area contributed by atoms with Crippen LogP contribution in [0.5, 0.6) is 0 Å². The number of aryl methyl sites for hydroxylation is 1. The van der Waals surface area contributed by atoms with Gasteiger partial charge < -0.3 is 20.2 Å². The molecule has 0 aliphatic heterocycles. The average molecular weight is 342 g/mol. The van der Waals surface area contributed by atoms with Gasteiger partial charge in [-0.25, -0.2) is 4.79 Å². The SMILES string of the molecule is Cc1ccc(C(C)(O)CNC(=O)Nc2ccccc2C(F)(F)F)o1. The molecular formula is C16H17F3N2O3. The van der Waals surface area contributed by atoms with E-state index in [2.05, 4.69) is 10.6 Å². The van der Waals surface area contributed by atoms with Crippen LogP contribution in [-0.2, 0) is 11.8 Å². The Morgan fingerprint density at radius 3 is 2.46 bits per heavy atom. The van der Waals surface area contributed by atoms with Gasteiger partial charge in [-0.15, -0.1) is 0 Å². The van der Waals surface area contributed by atoms with E-state index in [-0.39, 0.29) is 18.0 Å². The maximum absolute atomic E-state index is 12.9. The first-order valence-corrected chi connectivity index (χ1v) is 7.10. The first kappa shape index (κ1) is 17.9. The van der Waals surface area contributed by atoms with E-state index in [0.29, 0.717) is 5.76 Å². The van der Waals surface area contributed by atoms with Crippen molar-refractivity contribution in [1.82, 2.24) is 5.32 Å². The van der Waals surface area contributed by atoms with Crippen molar-refractivity contribution in [2.75, 3.05) is 11.9 Å². The van der Waals surface area contributed by atoms with Crippen molar-refractivity contribution in [3.63, 3.8) is 0 Å². The fourth-order valence-electron chi connectivity index (χ4n) is 2.07. The van der Waals surface area contributed by atoms with Gasteiger partial charge in [0, 0.05) is 0 Å². The Bertz CT molecular complexity index is 723. The molecule has 1 aromatic carbocycles. The van der Waals surface area contributed by atoms with Gasteiger partial charge in [0.15, 0.2) is 0 Å². The van der Waals surface area contributed by atoms with Crippen molar-refractivity contribution in [3.8, 4) is 0 Å². The maximum atomic E-state index is 12.9. The van der Waals surface area contributed by atoms with Crippen LogP contribution < -0.4 is 10.6 Å². The van der Waals surface area contributed by atoms with E-state index in [1.165, 1.54) is 19.1 Å². The molecule has 2 rings (SSSR count). The lowest BCUT2D eigenvalue weighted by Crippen LogP contribution is -2.40. The molecule has 24 heavy (non-hydrogen) atoms. The number of nitrogens with one attached hydrogen (secondary N) is 2. The Morgan fingerprint density at radius 2 is 1.88 bits per heavy atom. The van der Waals surface area contributed by atoms with Gasteiger partial charge in [0.1, 0.15) is 17.1 Å². The standard InChI is InChI=1S/C16H17F3N2O3/c1-10-7-8-13(24-10)15(2,23)9-20-14(22)21-12-6-4-3-5-11(12)16(17,18)19/h3-8,23H,9H2,1-2H3,(H2,20,21,22). The first-order valence-electron chi connectivity index (χ1n) is 7.10. The summed E-state index contributed by atoms with van der Waals surface area (Å²) in [5.74, 6) is 0.838. The number of para-hydroxylation sites is 1. The van der Waals surface area contributed by atoms with E-state index >= 15 is 0 Å². The average Bonchev–Trinajstić information content (AvgIpc) is 2.92. The van der Waals surface area contributed by atoms with Gasteiger partial charge in [0.25, 0.3) is 0 Å². The molecule has 0 aliphatic rings. The monoisotopic (exact) mass is 342 g/mol. The topological polar surface area (TPSA) is 74.5 Å². The van der Waals surface area contributed by atoms with Crippen molar-refractivity contribution in [2.45, 2.75) is 25.6 Å². The lowest BCUT2D eigenvalue weighted by Gasteiger charge is -2.21. The fourth-order valence-corrected chi connectivity index (χ4v) is 2.07. The highest BCUT2D eigenvalue weighted by atomic mass is 19.4. The molecule has 0 saturated heterocycles. The molecule has 2 amide bonds. The Labute approximate surface area is 136 Å². The van der Waals surface area contributed by atoms with Crippen LogP contribution in [0.4, 0.5) is 23.7 Å². The molecule has 3 N–H and O–H groups in total. The van der Waals surface area contributed by atoms with Crippen LogP contribution in [0.15, 0.2) is 40.8 Å². The van der Waals surface area contributed by atoms with Gasteiger partial charge >= 0.3 is 12.2 Å². The second-order valence-electron chi connectivity index (χ2n) is 5.54. The third-order valence-electron chi connectivity index (χ3n) is 3.35. The normalized spacial score (nSPS) is 14.1. The molecule has 1 atom stereocenters. The number of urea groups is 1. The summed E-state index contributed by atoms with van der Waals surface area (Å²) >= 11 is 0. The van der Waals surface area contributed by atoms with E-state index in [9.17, 15) is 23.1 Å². The summed E-state index contributed by atoms with van der Waals surface area (Å²) < 4.78 is 43.9. The number of furan rings is 1. The molecule has 0 fully saturated rings. The number of amides is 2. The van der Waals surface area contributed by atoms with E-state index in [4.69, 9.17) is 4.42 Å². The van der Waals surface area contributed by atoms with Crippen LogP contribution in [0.25, 0.3) is 0 Å². The summed E-state index contributed by atoms with van der Waals surface area (Å²) in [6.07, 6.45) is -4.58. The van der Waals surface area contributed by atoms with E-state index in [0.717, 1.165) is 12.1 Å². The molecule has 1 heterocycles. The zero-order valence-electron chi connectivity index (χ0n) is 13.1. The third kappa shape index (κ3) is 4.29. The summed E-state index contributed by atoms with van der Waals surface area (Å²) in [5, 5.41) is 14.7. The number of benzene rings is 1. The van der Waals surface area contributed by atoms with Crippen molar-refractivity contribution >= 4 is 11.7 Å². The van der Waals surface area contributed by atoms with Gasteiger partial charge in [-0.05, 0) is 38.1 Å². The largest absolute Gasteiger partial charge is 0.463 e. The Kier molecular flexibility index (Phi) is 4.88. The maximum Gasteiger partial charge on any atom is 0.418 e. The molecule has 1 unspecified atom stereocenters. The zero-order valence-corrected chi connectivity index (χ0v) is 13.1. The number of hydrogen-bond donors (Lipinski definition) is 3. The zero-order chi connectivity index (χ0) is 18.0. The highest BCUT2D eigenvalue weighted by molar-refractivity contribution is 5.90. The second-order valence-corrected chi connectivity index (χ2v) is 5.54. The van der Waals surface area contributed by atoms with E-state index in [1.54, 1.807) is 19.1 Å². The summed E-state index contributed by atoms with van der Waals surface area (Å²) in [5.41, 5.74) is -2.81. The van der Waals surface area contributed by atoms with E-state index in [1.807, 2.05) is 0 Å². The minimum absolute atomic E-state index is 0.236. The van der Waals surface area contributed by atoms with Gasteiger partial charge in [0.2, 0.25) is 0 Å². The number of alkyl halides is 3. The van der Waals surface area contributed by atoms with Crippen LogP contribution in [0.2, 0.25) is 0 Å².